The van der Waals surface area contributed by atoms with Gasteiger partial charge in [0.2, 0.25) is 0 Å². The second-order valence-electron chi connectivity index (χ2n) is 6.06. The molecule has 1 aromatic rings. The zero-order valence-corrected chi connectivity index (χ0v) is 13.5. The van der Waals surface area contributed by atoms with Crippen molar-refractivity contribution in [2.24, 2.45) is 10.8 Å². The first kappa shape index (κ1) is 14.5. The highest BCUT2D eigenvalue weighted by Gasteiger charge is 2.48. The summed E-state index contributed by atoms with van der Waals surface area (Å²) in [5, 5.41) is 9.59. The maximum atomic E-state index is 12.6. The van der Waals surface area contributed by atoms with Gasteiger partial charge in [-0.3, -0.25) is 4.79 Å². The minimum atomic E-state index is -0.825. The van der Waals surface area contributed by atoms with E-state index in [4.69, 9.17) is 0 Å². The van der Waals surface area contributed by atoms with Crippen LogP contribution in [0.3, 0.4) is 0 Å². The molecule has 0 aromatic heterocycles. The van der Waals surface area contributed by atoms with Crippen molar-refractivity contribution >= 4 is 28.4 Å². The number of halogens is 1. The summed E-state index contributed by atoms with van der Waals surface area (Å²) in [6.45, 7) is 3.93. The van der Waals surface area contributed by atoms with Crippen molar-refractivity contribution in [2.45, 2.75) is 39.5 Å². The van der Waals surface area contributed by atoms with E-state index in [-0.39, 0.29) is 11.2 Å². The topological polar surface area (TPSA) is 40.9 Å². The normalized spacial score (nSPS) is 25.9. The summed E-state index contributed by atoms with van der Waals surface area (Å²) < 4.78 is 1.17. The average molecular weight is 367 g/mol. The number of Topliss-reactive ketones (excluding diaryl/α,β-unsaturated/α-hetero) is 1. The highest BCUT2D eigenvalue weighted by Crippen LogP contribution is 2.44. The van der Waals surface area contributed by atoms with E-state index in [1.807, 2.05) is 38.1 Å². The number of nitriles is 1. The molecule has 0 spiro atoms. The molecule has 1 unspecified atom stereocenters. The fourth-order valence-corrected chi connectivity index (χ4v) is 3.33. The quantitative estimate of drug-likeness (QED) is 0.738. The van der Waals surface area contributed by atoms with Crippen LogP contribution in [0.15, 0.2) is 24.3 Å². The molecule has 0 N–H and O–H groups in total. The van der Waals surface area contributed by atoms with E-state index < -0.39 is 5.41 Å². The van der Waals surface area contributed by atoms with Gasteiger partial charge in [-0.1, -0.05) is 32.4 Å². The van der Waals surface area contributed by atoms with Crippen LogP contribution in [0, 0.1) is 25.7 Å². The summed E-state index contributed by atoms with van der Waals surface area (Å²) in [6.07, 6.45) is 3.08. The lowest BCUT2D eigenvalue weighted by molar-refractivity contribution is -0.138. The first-order valence-corrected chi connectivity index (χ1v) is 7.68. The number of benzene rings is 1. The minimum absolute atomic E-state index is 0.118. The van der Waals surface area contributed by atoms with Crippen LogP contribution in [0.1, 0.15) is 38.7 Å². The molecule has 1 saturated carbocycles. The van der Waals surface area contributed by atoms with Crippen molar-refractivity contribution in [3.8, 4) is 6.07 Å². The van der Waals surface area contributed by atoms with Gasteiger partial charge >= 0.3 is 0 Å². The Morgan fingerprint density at radius 2 is 1.89 bits per heavy atom. The van der Waals surface area contributed by atoms with Crippen LogP contribution in [0.4, 0.5) is 0 Å². The van der Waals surface area contributed by atoms with Gasteiger partial charge in [0.05, 0.1) is 6.07 Å². The summed E-state index contributed by atoms with van der Waals surface area (Å²) in [4.78, 5) is 12.6. The van der Waals surface area contributed by atoms with Gasteiger partial charge < -0.3 is 0 Å². The molecule has 1 aliphatic carbocycles. The molecule has 0 bridgehead atoms. The van der Waals surface area contributed by atoms with E-state index in [9.17, 15) is 10.1 Å². The van der Waals surface area contributed by atoms with Gasteiger partial charge in [-0.15, -0.1) is 0 Å². The van der Waals surface area contributed by atoms with Crippen LogP contribution in [0.5, 0.6) is 0 Å². The summed E-state index contributed by atoms with van der Waals surface area (Å²) in [5.74, 6) is 0.118. The van der Waals surface area contributed by atoms with Crippen molar-refractivity contribution < 1.29 is 4.79 Å². The predicted molar refractivity (Wildman–Crippen MR) is 83.5 cm³/mol. The van der Waals surface area contributed by atoms with Crippen molar-refractivity contribution in [1.29, 1.82) is 5.26 Å². The number of hydrogen-bond acceptors (Lipinski definition) is 2. The third-order valence-electron chi connectivity index (χ3n) is 4.09. The molecule has 1 aromatic carbocycles. The second kappa shape index (κ2) is 5.24. The van der Waals surface area contributed by atoms with Crippen LogP contribution in [-0.4, -0.2) is 5.78 Å². The zero-order chi connectivity index (χ0) is 14.1. The van der Waals surface area contributed by atoms with Gasteiger partial charge in [0.15, 0.2) is 5.78 Å². The molecule has 3 heteroatoms. The molecule has 0 heterocycles. The summed E-state index contributed by atoms with van der Waals surface area (Å²) in [7, 11) is 0. The lowest BCUT2D eigenvalue weighted by atomic mass is 9.61. The maximum absolute atomic E-state index is 12.6. The lowest BCUT2D eigenvalue weighted by Crippen LogP contribution is -2.45. The Bertz CT molecular complexity index is 527. The van der Waals surface area contributed by atoms with E-state index in [1.54, 1.807) is 0 Å². The fourth-order valence-electron chi connectivity index (χ4n) is 2.97. The van der Waals surface area contributed by atoms with Gasteiger partial charge in [0.1, 0.15) is 5.41 Å². The van der Waals surface area contributed by atoms with Gasteiger partial charge in [-0.05, 0) is 59.5 Å². The number of hydrogen-bond donors (Lipinski definition) is 0. The maximum Gasteiger partial charge on any atom is 0.158 e. The summed E-state index contributed by atoms with van der Waals surface area (Å²) in [5.41, 5.74) is -0.112. The highest BCUT2D eigenvalue weighted by atomic mass is 127. The summed E-state index contributed by atoms with van der Waals surface area (Å²) in [6, 6.07) is 10.4. The van der Waals surface area contributed by atoms with E-state index in [1.165, 1.54) is 3.57 Å². The Kier molecular flexibility index (Phi) is 4.00. The lowest BCUT2D eigenvalue weighted by Gasteiger charge is -2.39. The van der Waals surface area contributed by atoms with Crippen molar-refractivity contribution in [1.82, 2.24) is 0 Å². The van der Waals surface area contributed by atoms with Crippen LogP contribution in [0.25, 0.3) is 0 Å². The molecule has 1 aliphatic rings. The molecule has 0 amide bonds. The Labute approximate surface area is 128 Å². The number of nitrogens with zero attached hydrogens (tertiary/aromatic N) is 1. The third-order valence-corrected chi connectivity index (χ3v) is 4.81. The molecule has 100 valence electrons. The standard InChI is InChI=1S/C16H18INO/c1-15(2)8-3-9-16(11-18,14(15)19)10-12-4-6-13(17)7-5-12/h4-7H,3,8-10H2,1-2H3. The van der Waals surface area contributed by atoms with Crippen LogP contribution < -0.4 is 0 Å². The molecule has 0 aliphatic heterocycles. The van der Waals surface area contributed by atoms with E-state index in [0.717, 1.165) is 18.4 Å². The van der Waals surface area contributed by atoms with Gasteiger partial charge in [-0.2, -0.15) is 5.26 Å². The fraction of sp³-hybridized carbons (Fsp3) is 0.500. The first-order valence-electron chi connectivity index (χ1n) is 6.60. The van der Waals surface area contributed by atoms with E-state index >= 15 is 0 Å². The number of ketones is 1. The largest absolute Gasteiger partial charge is 0.297 e. The molecular weight excluding hydrogens is 349 g/mol. The Hall–Kier alpha value is -0.890. The number of carbonyl (C=O) groups is 1. The molecule has 19 heavy (non-hydrogen) atoms. The van der Waals surface area contributed by atoms with E-state index in [2.05, 4.69) is 28.7 Å². The number of carbonyl (C=O) groups excluding carboxylic acids is 1. The highest BCUT2D eigenvalue weighted by molar-refractivity contribution is 14.1. The first-order chi connectivity index (χ1) is 8.89. The van der Waals surface area contributed by atoms with Crippen LogP contribution in [-0.2, 0) is 11.2 Å². The summed E-state index contributed by atoms with van der Waals surface area (Å²) >= 11 is 2.26. The molecule has 2 nitrogen and oxygen atoms in total. The smallest absolute Gasteiger partial charge is 0.158 e. The van der Waals surface area contributed by atoms with Crippen LogP contribution in [0.2, 0.25) is 0 Å². The zero-order valence-electron chi connectivity index (χ0n) is 11.4. The van der Waals surface area contributed by atoms with Crippen molar-refractivity contribution in [3.63, 3.8) is 0 Å². The van der Waals surface area contributed by atoms with Gasteiger partial charge in [0, 0.05) is 8.99 Å². The van der Waals surface area contributed by atoms with Gasteiger partial charge in [0.25, 0.3) is 0 Å². The SMILES string of the molecule is CC1(C)CCCC(C#N)(Cc2ccc(I)cc2)C1=O. The second-order valence-corrected chi connectivity index (χ2v) is 7.31. The van der Waals surface area contributed by atoms with Crippen molar-refractivity contribution in [3.05, 3.63) is 33.4 Å². The van der Waals surface area contributed by atoms with Crippen molar-refractivity contribution in [2.75, 3.05) is 0 Å². The molecular formula is C16H18INO. The monoisotopic (exact) mass is 367 g/mol. The Morgan fingerprint density at radius 3 is 2.47 bits per heavy atom. The number of rotatable bonds is 2. The van der Waals surface area contributed by atoms with E-state index in [0.29, 0.717) is 12.8 Å². The third kappa shape index (κ3) is 2.84. The Balaban J connectivity index is 2.31. The van der Waals surface area contributed by atoms with Gasteiger partial charge in [-0.25, -0.2) is 0 Å². The molecule has 0 saturated heterocycles. The molecule has 1 fully saturated rings. The van der Waals surface area contributed by atoms with Crippen LogP contribution >= 0.6 is 22.6 Å². The predicted octanol–water partition coefficient (Wildman–Crippen LogP) is 4.12. The molecule has 0 radical (unpaired) electrons. The molecule has 2 rings (SSSR count). The Morgan fingerprint density at radius 1 is 1.26 bits per heavy atom. The minimum Gasteiger partial charge on any atom is -0.297 e. The molecule has 1 atom stereocenters. The average Bonchev–Trinajstić information content (AvgIpc) is 2.38.